The van der Waals surface area contributed by atoms with E-state index in [1.54, 1.807) is 43.3 Å². The lowest BCUT2D eigenvalue weighted by Gasteiger charge is -2.32. The van der Waals surface area contributed by atoms with E-state index in [0.29, 0.717) is 41.8 Å². The zero-order chi connectivity index (χ0) is 18.1. The maximum Gasteiger partial charge on any atom is 0.268 e. The van der Waals surface area contributed by atoms with Crippen LogP contribution in [0, 0.1) is 0 Å². The van der Waals surface area contributed by atoms with Crippen molar-refractivity contribution in [2.24, 2.45) is 0 Å². The molecule has 134 valence electrons. The van der Waals surface area contributed by atoms with Crippen molar-refractivity contribution < 1.29 is 23.8 Å². The normalized spacial score (nSPS) is 18.0. The van der Waals surface area contributed by atoms with Gasteiger partial charge >= 0.3 is 0 Å². The highest BCUT2D eigenvalue weighted by atomic mass is 16.6. The van der Waals surface area contributed by atoms with Crippen LogP contribution in [-0.2, 0) is 9.59 Å². The number of hydrogen-bond acceptors (Lipinski definition) is 5. The summed E-state index contributed by atoms with van der Waals surface area (Å²) < 4.78 is 16.6. The number of carbonyl (C=O) groups is 2. The average Bonchev–Trinajstić information content (AvgIpc) is 2.65. The number of carbonyl (C=O) groups excluding carboxylic acids is 2. The summed E-state index contributed by atoms with van der Waals surface area (Å²) in [4.78, 5) is 26.4. The van der Waals surface area contributed by atoms with Crippen LogP contribution in [0.4, 0.5) is 11.4 Å². The summed E-state index contributed by atoms with van der Waals surface area (Å²) in [7, 11) is 0. The fourth-order valence-electron chi connectivity index (χ4n) is 2.99. The minimum absolute atomic E-state index is 0.0992. The fourth-order valence-corrected chi connectivity index (χ4v) is 2.99. The van der Waals surface area contributed by atoms with Crippen molar-refractivity contribution in [1.82, 2.24) is 0 Å². The zero-order valence-corrected chi connectivity index (χ0v) is 14.2. The Bertz CT molecular complexity index is 867. The molecule has 2 aromatic carbocycles. The SMILES string of the molecule is C[C@H]1Oc2ccccc2N(CC(=O)Nc2ccc3c(c2)OCCO3)C1=O. The zero-order valence-electron chi connectivity index (χ0n) is 14.2. The molecule has 0 fully saturated rings. The first-order valence-electron chi connectivity index (χ1n) is 8.38. The molecule has 0 bridgehead atoms. The maximum atomic E-state index is 12.5. The van der Waals surface area contributed by atoms with E-state index in [9.17, 15) is 9.59 Å². The van der Waals surface area contributed by atoms with Crippen LogP contribution < -0.4 is 24.4 Å². The Kier molecular flexibility index (Phi) is 4.12. The Labute approximate surface area is 150 Å². The number of fused-ring (bicyclic) bond motifs is 2. The predicted molar refractivity (Wildman–Crippen MR) is 94.9 cm³/mol. The molecule has 0 spiro atoms. The van der Waals surface area contributed by atoms with Crippen LogP contribution in [-0.4, -0.2) is 37.7 Å². The van der Waals surface area contributed by atoms with Crippen LogP contribution in [0.25, 0.3) is 0 Å². The number of ether oxygens (including phenoxy) is 3. The van der Waals surface area contributed by atoms with Crippen molar-refractivity contribution in [3.8, 4) is 17.2 Å². The van der Waals surface area contributed by atoms with E-state index in [1.807, 2.05) is 6.07 Å². The number of rotatable bonds is 3. The van der Waals surface area contributed by atoms with Crippen molar-refractivity contribution in [2.75, 3.05) is 30.0 Å². The quantitative estimate of drug-likeness (QED) is 0.914. The van der Waals surface area contributed by atoms with Gasteiger partial charge in [-0.1, -0.05) is 12.1 Å². The molecule has 7 nitrogen and oxygen atoms in total. The van der Waals surface area contributed by atoms with Gasteiger partial charge in [0.25, 0.3) is 5.91 Å². The lowest BCUT2D eigenvalue weighted by Crippen LogP contribution is -2.47. The Hall–Kier alpha value is -3.22. The van der Waals surface area contributed by atoms with Gasteiger partial charge in [-0.2, -0.15) is 0 Å². The van der Waals surface area contributed by atoms with Gasteiger partial charge in [0.2, 0.25) is 5.91 Å². The summed E-state index contributed by atoms with van der Waals surface area (Å²) in [5, 5.41) is 2.80. The predicted octanol–water partition coefficient (Wildman–Crippen LogP) is 2.21. The molecule has 0 aliphatic carbocycles. The van der Waals surface area contributed by atoms with Gasteiger partial charge in [0.15, 0.2) is 17.6 Å². The minimum Gasteiger partial charge on any atom is -0.486 e. The monoisotopic (exact) mass is 354 g/mol. The van der Waals surface area contributed by atoms with Gasteiger partial charge in [-0.15, -0.1) is 0 Å². The first-order valence-corrected chi connectivity index (χ1v) is 8.38. The summed E-state index contributed by atoms with van der Waals surface area (Å²) in [6, 6.07) is 12.4. The Morgan fingerprint density at radius 2 is 1.88 bits per heavy atom. The third kappa shape index (κ3) is 3.03. The van der Waals surface area contributed by atoms with Gasteiger partial charge in [-0.3, -0.25) is 14.5 Å². The summed E-state index contributed by atoms with van der Waals surface area (Å²) in [6.07, 6.45) is -0.632. The number of anilines is 2. The third-order valence-corrected chi connectivity index (χ3v) is 4.20. The number of hydrogen-bond donors (Lipinski definition) is 1. The highest BCUT2D eigenvalue weighted by Gasteiger charge is 2.32. The maximum absolute atomic E-state index is 12.5. The number of benzene rings is 2. The number of nitrogens with zero attached hydrogens (tertiary/aromatic N) is 1. The van der Waals surface area contributed by atoms with E-state index in [1.165, 1.54) is 4.90 Å². The van der Waals surface area contributed by atoms with Gasteiger partial charge < -0.3 is 19.5 Å². The van der Waals surface area contributed by atoms with E-state index in [-0.39, 0.29) is 18.4 Å². The van der Waals surface area contributed by atoms with E-state index in [0.717, 1.165) is 0 Å². The average molecular weight is 354 g/mol. The first kappa shape index (κ1) is 16.3. The highest BCUT2D eigenvalue weighted by Crippen LogP contribution is 2.34. The van der Waals surface area contributed by atoms with Crippen LogP contribution in [0.5, 0.6) is 17.2 Å². The van der Waals surface area contributed by atoms with Crippen LogP contribution >= 0.6 is 0 Å². The second-order valence-corrected chi connectivity index (χ2v) is 6.06. The summed E-state index contributed by atoms with van der Waals surface area (Å²) in [5.41, 5.74) is 1.18. The molecule has 0 aromatic heterocycles. The Balaban J connectivity index is 1.50. The summed E-state index contributed by atoms with van der Waals surface area (Å²) in [6.45, 7) is 2.55. The molecule has 2 aliphatic rings. The van der Waals surface area contributed by atoms with Crippen LogP contribution in [0.15, 0.2) is 42.5 Å². The molecule has 0 saturated heterocycles. The lowest BCUT2D eigenvalue weighted by atomic mass is 10.2. The van der Waals surface area contributed by atoms with Gasteiger partial charge in [0.05, 0.1) is 5.69 Å². The molecular weight excluding hydrogens is 336 g/mol. The van der Waals surface area contributed by atoms with Crippen molar-refractivity contribution in [3.63, 3.8) is 0 Å². The van der Waals surface area contributed by atoms with Gasteiger partial charge in [-0.25, -0.2) is 0 Å². The van der Waals surface area contributed by atoms with Crippen molar-refractivity contribution in [3.05, 3.63) is 42.5 Å². The molecule has 2 amide bonds. The second-order valence-electron chi connectivity index (χ2n) is 6.06. The smallest absolute Gasteiger partial charge is 0.268 e. The fraction of sp³-hybridized carbons (Fsp3) is 0.263. The topological polar surface area (TPSA) is 77.1 Å². The molecule has 0 radical (unpaired) electrons. The van der Waals surface area contributed by atoms with E-state index >= 15 is 0 Å². The molecular formula is C19H18N2O5. The Morgan fingerprint density at radius 1 is 1.12 bits per heavy atom. The van der Waals surface area contributed by atoms with Crippen molar-refractivity contribution in [2.45, 2.75) is 13.0 Å². The molecule has 1 atom stereocenters. The third-order valence-electron chi connectivity index (χ3n) is 4.20. The largest absolute Gasteiger partial charge is 0.486 e. The number of amides is 2. The molecule has 26 heavy (non-hydrogen) atoms. The first-order chi connectivity index (χ1) is 12.6. The number of nitrogens with one attached hydrogen (secondary N) is 1. The van der Waals surface area contributed by atoms with E-state index in [2.05, 4.69) is 5.32 Å². The van der Waals surface area contributed by atoms with Crippen molar-refractivity contribution >= 4 is 23.2 Å². The molecule has 2 aromatic rings. The molecule has 0 unspecified atom stereocenters. The molecule has 2 heterocycles. The van der Waals surface area contributed by atoms with Gasteiger partial charge in [0.1, 0.15) is 25.5 Å². The lowest BCUT2D eigenvalue weighted by molar-refractivity contribution is -0.127. The van der Waals surface area contributed by atoms with Gasteiger partial charge in [-0.05, 0) is 31.2 Å². The minimum atomic E-state index is -0.632. The van der Waals surface area contributed by atoms with E-state index in [4.69, 9.17) is 14.2 Å². The Morgan fingerprint density at radius 3 is 2.73 bits per heavy atom. The molecule has 4 rings (SSSR count). The van der Waals surface area contributed by atoms with Gasteiger partial charge in [0, 0.05) is 11.8 Å². The molecule has 1 N–H and O–H groups in total. The molecule has 0 saturated carbocycles. The standard InChI is InChI=1S/C19H18N2O5/c1-12-19(23)21(14-4-2-3-5-15(14)26-12)11-18(22)20-13-6-7-16-17(10-13)25-9-8-24-16/h2-7,10,12H,8-9,11H2,1H3,(H,20,22)/t12-/m1/s1. The van der Waals surface area contributed by atoms with Crippen molar-refractivity contribution in [1.29, 1.82) is 0 Å². The van der Waals surface area contributed by atoms with Crippen LogP contribution in [0.1, 0.15) is 6.92 Å². The molecule has 2 aliphatic heterocycles. The van der Waals surface area contributed by atoms with Crippen LogP contribution in [0.3, 0.4) is 0 Å². The molecule has 7 heteroatoms. The van der Waals surface area contributed by atoms with Crippen LogP contribution in [0.2, 0.25) is 0 Å². The van der Waals surface area contributed by atoms with E-state index < -0.39 is 6.10 Å². The summed E-state index contributed by atoms with van der Waals surface area (Å²) in [5.74, 6) is 1.28. The highest BCUT2D eigenvalue weighted by molar-refractivity contribution is 6.06. The number of para-hydroxylation sites is 2. The summed E-state index contributed by atoms with van der Waals surface area (Å²) >= 11 is 0. The second kappa shape index (κ2) is 6.59.